The van der Waals surface area contributed by atoms with E-state index in [1.54, 1.807) is 0 Å². The minimum Gasteiger partial charge on any atom is -0.478 e. The Bertz CT molecular complexity index is 541. The molecule has 6 nitrogen and oxygen atoms in total. The number of hydrogen-bond donors (Lipinski definition) is 2. The van der Waals surface area contributed by atoms with Gasteiger partial charge in [0.05, 0.1) is 4.92 Å². The van der Waals surface area contributed by atoms with Crippen molar-refractivity contribution in [3.63, 3.8) is 0 Å². The number of nitrogens with one attached hydrogen (secondary N) is 1. The van der Waals surface area contributed by atoms with Crippen LogP contribution in [-0.2, 0) is 0 Å². The molecule has 2 N–H and O–H groups in total. The summed E-state index contributed by atoms with van der Waals surface area (Å²) < 4.78 is 13.7. The number of halogens is 1. The molecular weight excluding hydrogens is 267 g/mol. The van der Waals surface area contributed by atoms with E-state index in [1.165, 1.54) is 0 Å². The summed E-state index contributed by atoms with van der Waals surface area (Å²) in [6, 6.07) is 1.73. The zero-order chi connectivity index (χ0) is 14.7. The van der Waals surface area contributed by atoms with Gasteiger partial charge in [-0.05, 0) is 12.8 Å². The van der Waals surface area contributed by atoms with Gasteiger partial charge >= 0.3 is 5.97 Å². The average molecular weight is 282 g/mol. The number of hydrogen-bond acceptors (Lipinski definition) is 4. The van der Waals surface area contributed by atoms with Crippen molar-refractivity contribution in [2.75, 3.05) is 5.32 Å². The summed E-state index contributed by atoms with van der Waals surface area (Å²) in [5.41, 5.74) is -1.05. The van der Waals surface area contributed by atoms with E-state index in [4.69, 9.17) is 5.11 Å². The van der Waals surface area contributed by atoms with Crippen molar-refractivity contribution in [1.82, 2.24) is 0 Å². The Labute approximate surface area is 114 Å². The molecule has 0 amide bonds. The highest BCUT2D eigenvalue weighted by molar-refractivity contribution is 5.90. The molecule has 108 valence electrons. The summed E-state index contributed by atoms with van der Waals surface area (Å²) in [5, 5.41) is 22.8. The standard InChI is InChI=1S/C13H15FN2O4/c14-10-7-11(15-8-4-2-1-3-5-8)12(16(19)20)6-9(10)13(17)18/h6-8,15H,1-5H2,(H,17,18). The third-order valence-electron chi connectivity index (χ3n) is 3.48. The first-order valence-electron chi connectivity index (χ1n) is 6.47. The zero-order valence-electron chi connectivity index (χ0n) is 10.8. The molecule has 0 unspecified atom stereocenters. The number of benzene rings is 1. The van der Waals surface area contributed by atoms with Gasteiger partial charge in [-0.15, -0.1) is 0 Å². The van der Waals surface area contributed by atoms with Gasteiger partial charge in [-0.1, -0.05) is 19.3 Å². The first-order valence-corrected chi connectivity index (χ1v) is 6.47. The number of carboxylic acid groups (broad SMARTS) is 1. The van der Waals surface area contributed by atoms with Gasteiger partial charge in [0.1, 0.15) is 17.1 Å². The predicted octanol–water partition coefficient (Wildman–Crippen LogP) is 3.18. The van der Waals surface area contributed by atoms with Gasteiger partial charge in [0.25, 0.3) is 5.69 Å². The van der Waals surface area contributed by atoms with Crippen LogP contribution in [0, 0.1) is 15.9 Å². The second-order valence-corrected chi connectivity index (χ2v) is 4.89. The molecule has 1 aliphatic carbocycles. The number of carboxylic acids is 1. The fraction of sp³-hybridized carbons (Fsp3) is 0.462. The molecule has 1 aromatic carbocycles. The summed E-state index contributed by atoms with van der Waals surface area (Å²) in [5.74, 6) is -2.49. The van der Waals surface area contributed by atoms with Crippen molar-refractivity contribution >= 4 is 17.3 Å². The molecule has 0 radical (unpaired) electrons. The minimum absolute atomic E-state index is 0.0457. The van der Waals surface area contributed by atoms with E-state index in [0.29, 0.717) is 0 Å². The fourth-order valence-corrected chi connectivity index (χ4v) is 2.46. The lowest BCUT2D eigenvalue weighted by Crippen LogP contribution is -2.23. The van der Waals surface area contributed by atoms with E-state index in [2.05, 4.69) is 5.32 Å². The largest absolute Gasteiger partial charge is 0.478 e. The topological polar surface area (TPSA) is 92.5 Å². The molecule has 1 fully saturated rings. The number of nitro groups is 1. The number of carbonyl (C=O) groups is 1. The Morgan fingerprint density at radius 1 is 1.35 bits per heavy atom. The Kier molecular flexibility index (Phi) is 4.16. The molecule has 1 saturated carbocycles. The lowest BCUT2D eigenvalue weighted by atomic mass is 9.95. The van der Waals surface area contributed by atoms with Crippen molar-refractivity contribution in [1.29, 1.82) is 0 Å². The van der Waals surface area contributed by atoms with Crippen LogP contribution in [0.3, 0.4) is 0 Å². The molecule has 2 rings (SSSR count). The van der Waals surface area contributed by atoms with Crippen LogP contribution in [0.15, 0.2) is 12.1 Å². The van der Waals surface area contributed by atoms with E-state index >= 15 is 0 Å². The lowest BCUT2D eigenvalue weighted by molar-refractivity contribution is -0.384. The Morgan fingerprint density at radius 3 is 2.55 bits per heavy atom. The number of rotatable bonds is 4. The molecule has 7 heteroatoms. The number of anilines is 1. The highest BCUT2D eigenvalue weighted by atomic mass is 19.1. The third kappa shape index (κ3) is 3.04. The first kappa shape index (κ1) is 14.2. The quantitative estimate of drug-likeness (QED) is 0.653. The summed E-state index contributed by atoms with van der Waals surface area (Å²) in [6.07, 6.45) is 4.94. The lowest BCUT2D eigenvalue weighted by Gasteiger charge is -2.23. The Hall–Kier alpha value is -2.18. The smallest absolute Gasteiger partial charge is 0.338 e. The summed E-state index contributed by atoms with van der Waals surface area (Å²) >= 11 is 0. The molecule has 0 spiro atoms. The van der Waals surface area contributed by atoms with Crippen molar-refractivity contribution in [2.24, 2.45) is 0 Å². The summed E-state index contributed by atoms with van der Waals surface area (Å²) in [7, 11) is 0. The highest BCUT2D eigenvalue weighted by Crippen LogP contribution is 2.31. The minimum atomic E-state index is -1.52. The van der Waals surface area contributed by atoms with Gasteiger partial charge in [-0.25, -0.2) is 9.18 Å². The predicted molar refractivity (Wildman–Crippen MR) is 70.5 cm³/mol. The van der Waals surface area contributed by atoms with Crippen LogP contribution in [-0.4, -0.2) is 22.0 Å². The summed E-state index contributed by atoms with van der Waals surface area (Å²) in [4.78, 5) is 21.1. The molecule has 0 aliphatic heterocycles. The van der Waals surface area contributed by atoms with Gasteiger partial charge < -0.3 is 10.4 Å². The average Bonchev–Trinajstić information content (AvgIpc) is 2.39. The third-order valence-corrected chi connectivity index (χ3v) is 3.48. The molecule has 0 heterocycles. The van der Waals surface area contributed by atoms with Gasteiger partial charge in [-0.2, -0.15) is 0 Å². The molecular formula is C13H15FN2O4. The monoisotopic (exact) mass is 282 g/mol. The van der Waals surface area contributed by atoms with Crippen LogP contribution in [0.2, 0.25) is 0 Å². The van der Waals surface area contributed by atoms with Crippen LogP contribution in [0.5, 0.6) is 0 Å². The molecule has 0 aromatic heterocycles. The number of aromatic carboxylic acids is 1. The maximum atomic E-state index is 13.7. The second kappa shape index (κ2) is 5.85. The van der Waals surface area contributed by atoms with Crippen molar-refractivity contribution in [2.45, 2.75) is 38.1 Å². The highest BCUT2D eigenvalue weighted by Gasteiger charge is 2.24. The summed E-state index contributed by atoms with van der Waals surface area (Å²) in [6.45, 7) is 0. The van der Waals surface area contributed by atoms with Crippen molar-refractivity contribution in [3.05, 3.63) is 33.6 Å². The Balaban J connectivity index is 2.33. The molecule has 1 aliphatic rings. The van der Waals surface area contributed by atoms with E-state index in [0.717, 1.165) is 44.2 Å². The SMILES string of the molecule is O=C(O)c1cc([N+](=O)[O-])c(NC2CCCCC2)cc1F. The fourth-order valence-electron chi connectivity index (χ4n) is 2.46. The second-order valence-electron chi connectivity index (χ2n) is 4.89. The van der Waals surface area contributed by atoms with Crippen LogP contribution in [0.25, 0.3) is 0 Å². The van der Waals surface area contributed by atoms with E-state index < -0.39 is 28.0 Å². The van der Waals surface area contributed by atoms with Gasteiger partial charge in [0.15, 0.2) is 0 Å². The zero-order valence-corrected chi connectivity index (χ0v) is 10.8. The van der Waals surface area contributed by atoms with Crippen LogP contribution in [0.4, 0.5) is 15.8 Å². The normalized spacial score (nSPS) is 15.8. The molecule has 0 bridgehead atoms. The van der Waals surface area contributed by atoms with E-state index in [1.807, 2.05) is 0 Å². The van der Waals surface area contributed by atoms with Crippen LogP contribution < -0.4 is 5.32 Å². The molecule has 20 heavy (non-hydrogen) atoms. The maximum absolute atomic E-state index is 13.7. The van der Waals surface area contributed by atoms with Gasteiger partial charge in [-0.3, -0.25) is 10.1 Å². The van der Waals surface area contributed by atoms with E-state index in [9.17, 15) is 19.3 Å². The Morgan fingerprint density at radius 2 is 2.00 bits per heavy atom. The number of nitrogens with zero attached hydrogens (tertiary/aromatic N) is 1. The first-order chi connectivity index (χ1) is 9.49. The van der Waals surface area contributed by atoms with Crippen LogP contribution >= 0.6 is 0 Å². The van der Waals surface area contributed by atoms with Crippen molar-refractivity contribution in [3.8, 4) is 0 Å². The molecule has 1 aromatic rings. The maximum Gasteiger partial charge on any atom is 0.338 e. The van der Waals surface area contributed by atoms with Gasteiger partial charge in [0.2, 0.25) is 0 Å². The molecule has 0 atom stereocenters. The number of nitro benzene ring substituents is 1. The van der Waals surface area contributed by atoms with E-state index in [-0.39, 0.29) is 11.7 Å². The molecule has 0 saturated heterocycles. The van der Waals surface area contributed by atoms with Gasteiger partial charge in [0, 0.05) is 18.2 Å². The van der Waals surface area contributed by atoms with Crippen molar-refractivity contribution < 1.29 is 19.2 Å². The van der Waals surface area contributed by atoms with Crippen LogP contribution in [0.1, 0.15) is 42.5 Å².